The summed E-state index contributed by atoms with van der Waals surface area (Å²) in [4.78, 5) is 1.97. The van der Waals surface area contributed by atoms with E-state index in [4.69, 9.17) is 33.7 Å². The normalized spacial score (nSPS) is 16.2. The second-order valence-corrected chi connectivity index (χ2v) is 6.55. The number of allylic oxidation sites excluding steroid dienone is 1. The van der Waals surface area contributed by atoms with Crippen LogP contribution in [0.5, 0.6) is 5.75 Å². The average molecular weight is 360 g/mol. The van der Waals surface area contributed by atoms with Crippen molar-refractivity contribution in [3.05, 3.63) is 69.0 Å². The molecule has 2 aromatic carbocycles. The molecule has 1 aliphatic rings. The molecule has 0 unspecified atom stereocenters. The molecule has 1 aliphatic heterocycles. The topological polar surface area (TPSA) is 62.3 Å². The van der Waals surface area contributed by atoms with E-state index in [-0.39, 0.29) is 11.8 Å². The molecule has 0 bridgehead atoms. The Morgan fingerprint density at radius 3 is 2.46 bits per heavy atom. The van der Waals surface area contributed by atoms with Crippen molar-refractivity contribution in [2.75, 3.05) is 19.0 Å². The molecule has 122 valence electrons. The van der Waals surface area contributed by atoms with Crippen molar-refractivity contribution in [1.82, 2.24) is 0 Å². The van der Waals surface area contributed by atoms with Crippen LogP contribution < -0.4 is 15.4 Å². The van der Waals surface area contributed by atoms with Crippen molar-refractivity contribution in [1.29, 1.82) is 5.26 Å². The number of ether oxygens (including phenoxy) is 1. The van der Waals surface area contributed by atoms with Crippen LogP contribution in [0, 0.1) is 11.3 Å². The minimum atomic E-state index is -0.389. The minimum absolute atomic E-state index is 0.0944. The monoisotopic (exact) mass is 359 g/mol. The van der Waals surface area contributed by atoms with Crippen LogP contribution in [0.3, 0.4) is 0 Å². The molecule has 0 amide bonds. The predicted molar refractivity (Wildman–Crippen MR) is 96.5 cm³/mol. The van der Waals surface area contributed by atoms with Gasteiger partial charge in [-0.2, -0.15) is 5.26 Å². The number of halogens is 2. The van der Waals surface area contributed by atoms with Crippen LogP contribution in [0.4, 0.5) is 5.69 Å². The lowest BCUT2D eigenvalue weighted by Crippen LogP contribution is -2.21. The first-order valence-corrected chi connectivity index (χ1v) is 8.01. The largest absolute Gasteiger partial charge is 0.440 e. The van der Waals surface area contributed by atoms with Gasteiger partial charge in [0.05, 0.1) is 5.92 Å². The fourth-order valence-electron chi connectivity index (χ4n) is 2.78. The zero-order chi connectivity index (χ0) is 17.4. The van der Waals surface area contributed by atoms with Crippen molar-refractivity contribution in [2.45, 2.75) is 5.92 Å². The third kappa shape index (κ3) is 2.77. The number of nitrogens with two attached hydrogens (primary N) is 1. The van der Waals surface area contributed by atoms with Crippen LogP contribution in [0.2, 0.25) is 10.0 Å². The summed E-state index contributed by atoms with van der Waals surface area (Å²) in [6.07, 6.45) is 0. The number of rotatable bonds is 2. The van der Waals surface area contributed by atoms with Gasteiger partial charge in [-0.15, -0.1) is 0 Å². The summed E-state index contributed by atoms with van der Waals surface area (Å²) >= 11 is 12.4. The lowest BCUT2D eigenvalue weighted by atomic mass is 9.83. The molecule has 0 saturated carbocycles. The van der Waals surface area contributed by atoms with Gasteiger partial charge in [0, 0.05) is 41.5 Å². The molecule has 3 rings (SSSR count). The lowest BCUT2D eigenvalue weighted by molar-refractivity contribution is 0.394. The molecule has 0 aliphatic carbocycles. The summed E-state index contributed by atoms with van der Waals surface area (Å²) in [6.45, 7) is 0. The predicted octanol–water partition coefficient (Wildman–Crippen LogP) is 4.28. The average Bonchev–Trinajstić information content (AvgIpc) is 2.53. The minimum Gasteiger partial charge on any atom is -0.440 e. The van der Waals surface area contributed by atoms with Crippen molar-refractivity contribution in [3.8, 4) is 11.8 Å². The Morgan fingerprint density at radius 1 is 1.12 bits per heavy atom. The van der Waals surface area contributed by atoms with Gasteiger partial charge in [-0.05, 0) is 23.8 Å². The van der Waals surface area contributed by atoms with E-state index < -0.39 is 0 Å². The number of hydrogen-bond donors (Lipinski definition) is 1. The second kappa shape index (κ2) is 6.27. The van der Waals surface area contributed by atoms with E-state index >= 15 is 0 Å². The van der Waals surface area contributed by atoms with Gasteiger partial charge in [-0.1, -0.05) is 35.3 Å². The number of fused-ring (bicyclic) bond motifs is 1. The summed E-state index contributed by atoms with van der Waals surface area (Å²) in [7, 11) is 3.88. The molecular weight excluding hydrogens is 345 g/mol. The van der Waals surface area contributed by atoms with E-state index in [1.54, 1.807) is 12.1 Å². The van der Waals surface area contributed by atoms with Crippen LogP contribution in [0.25, 0.3) is 0 Å². The highest BCUT2D eigenvalue weighted by atomic mass is 35.5. The molecule has 24 heavy (non-hydrogen) atoms. The Hall–Kier alpha value is -2.35. The van der Waals surface area contributed by atoms with E-state index in [2.05, 4.69) is 6.07 Å². The van der Waals surface area contributed by atoms with E-state index in [0.717, 1.165) is 16.8 Å². The number of benzene rings is 2. The molecule has 0 fully saturated rings. The summed E-state index contributed by atoms with van der Waals surface area (Å²) in [6, 6.07) is 13.2. The zero-order valence-electron chi connectivity index (χ0n) is 13.2. The molecule has 0 spiro atoms. The van der Waals surface area contributed by atoms with Gasteiger partial charge in [0.15, 0.2) is 0 Å². The van der Waals surface area contributed by atoms with Gasteiger partial charge in [-0.25, -0.2) is 0 Å². The van der Waals surface area contributed by atoms with Crippen LogP contribution in [0.15, 0.2) is 47.9 Å². The van der Waals surface area contributed by atoms with Gasteiger partial charge in [0.2, 0.25) is 5.88 Å². The lowest BCUT2D eigenvalue weighted by Gasteiger charge is -2.28. The Bertz CT molecular complexity index is 884. The molecule has 0 aromatic heterocycles. The van der Waals surface area contributed by atoms with Gasteiger partial charge in [-0.3, -0.25) is 0 Å². The quantitative estimate of drug-likeness (QED) is 0.869. The number of hydrogen-bond acceptors (Lipinski definition) is 4. The third-order valence-corrected chi connectivity index (χ3v) is 4.55. The molecule has 1 atom stereocenters. The first kappa shape index (κ1) is 16.5. The van der Waals surface area contributed by atoms with Crippen LogP contribution in [-0.4, -0.2) is 14.1 Å². The fourth-order valence-corrected chi connectivity index (χ4v) is 3.30. The number of nitriles is 1. The first-order chi connectivity index (χ1) is 11.4. The third-order valence-electron chi connectivity index (χ3n) is 3.99. The maximum Gasteiger partial charge on any atom is 0.205 e. The summed E-state index contributed by atoms with van der Waals surface area (Å²) in [5, 5.41) is 10.6. The van der Waals surface area contributed by atoms with E-state index in [0.29, 0.717) is 21.4 Å². The van der Waals surface area contributed by atoms with Gasteiger partial charge in [0.25, 0.3) is 0 Å². The molecule has 0 radical (unpaired) electrons. The highest BCUT2D eigenvalue weighted by Gasteiger charge is 2.32. The van der Waals surface area contributed by atoms with Crippen molar-refractivity contribution >= 4 is 28.9 Å². The second-order valence-electron chi connectivity index (χ2n) is 5.71. The smallest absolute Gasteiger partial charge is 0.205 e. The number of anilines is 1. The highest BCUT2D eigenvalue weighted by Crippen LogP contribution is 2.45. The molecular formula is C18H15Cl2N3O. The Labute approximate surface area is 150 Å². The zero-order valence-corrected chi connectivity index (χ0v) is 14.7. The Kier molecular flexibility index (Phi) is 4.31. The molecule has 6 heteroatoms. The van der Waals surface area contributed by atoms with Crippen LogP contribution >= 0.6 is 23.2 Å². The number of nitrogens with zero attached hydrogens (tertiary/aromatic N) is 2. The summed E-state index contributed by atoms with van der Waals surface area (Å²) in [5.41, 5.74) is 8.91. The van der Waals surface area contributed by atoms with Crippen molar-refractivity contribution in [3.63, 3.8) is 0 Å². The summed E-state index contributed by atoms with van der Waals surface area (Å²) < 4.78 is 5.68. The first-order valence-electron chi connectivity index (χ1n) is 7.26. The van der Waals surface area contributed by atoms with Crippen molar-refractivity contribution < 1.29 is 4.74 Å². The molecule has 4 nitrogen and oxygen atoms in total. The highest BCUT2D eigenvalue weighted by molar-refractivity contribution is 6.35. The molecule has 2 N–H and O–H groups in total. The van der Waals surface area contributed by atoms with Gasteiger partial charge >= 0.3 is 0 Å². The maximum atomic E-state index is 9.56. The van der Waals surface area contributed by atoms with Crippen LogP contribution in [0.1, 0.15) is 17.0 Å². The van der Waals surface area contributed by atoms with Gasteiger partial charge in [0.1, 0.15) is 17.4 Å². The summed E-state index contributed by atoms with van der Waals surface area (Å²) in [5.74, 6) is 0.324. The van der Waals surface area contributed by atoms with Gasteiger partial charge < -0.3 is 15.4 Å². The fraction of sp³-hybridized carbons (Fsp3) is 0.167. The van der Waals surface area contributed by atoms with E-state index in [9.17, 15) is 5.26 Å². The standard InChI is InChI=1S/C18H15Cl2N3O/c1-23(2)11-4-6-13-16(8-11)24-18(22)14(9-21)17(13)12-5-3-10(19)7-15(12)20/h3-8,17H,22H2,1-2H3/t17-/m1/s1. The van der Waals surface area contributed by atoms with E-state index in [1.807, 2.05) is 43.3 Å². The van der Waals surface area contributed by atoms with Crippen LogP contribution in [-0.2, 0) is 0 Å². The Balaban J connectivity index is 2.22. The molecule has 2 aromatic rings. The maximum absolute atomic E-state index is 9.56. The van der Waals surface area contributed by atoms with E-state index in [1.165, 1.54) is 0 Å². The Morgan fingerprint density at radius 2 is 1.83 bits per heavy atom. The molecule has 1 heterocycles. The molecule has 0 saturated heterocycles. The SMILES string of the molecule is CN(C)c1ccc2c(c1)OC(N)=C(C#N)[C@@H]2c1ccc(Cl)cc1Cl. The van der Waals surface area contributed by atoms with Crippen molar-refractivity contribution in [2.24, 2.45) is 5.73 Å².